The van der Waals surface area contributed by atoms with E-state index in [0.29, 0.717) is 5.56 Å². The van der Waals surface area contributed by atoms with Crippen molar-refractivity contribution in [2.45, 2.75) is 31.2 Å². The van der Waals surface area contributed by atoms with Crippen molar-refractivity contribution in [3.05, 3.63) is 15.8 Å². The van der Waals surface area contributed by atoms with Crippen molar-refractivity contribution in [2.24, 2.45) is 0 Å². The van der Waals surface area contributed by atoms with Crippen LogP contribution in [0.5, 0.6) is 0 Å². The molecule has 0 radical (unpaired) electrons. The van der Waals surface area contributed by atoms with Crippen LogP contribution in [0.25, 0.3) is 0 Å². The fraction of sp³-hybridized carbons (Fsp3) is 0.545. The maximum Gasteiger partial charge on any atom is 0.349 e. The van der Waals surface area contributed by atoms with Crippen LogP contribution in [0, 0.1) is 6.92 Å². The van der Waals surface area contributed by atoms with E-state index in [9.17, 15) is 13.2 Å². The number of aryl methyl sites for hydroxylation is 1. The summed E-state index contributed by atoms with van der Waals surface area (Å²) >= 11 is 1.01. The first-order valence-corrected chi connectivity index (χ1v) is 7.82. The fourth-order valence-corrected chi connectivity index (χ4v) is 4.56. The number of sulfonamides is 1. The number of thiophene rings is 1. The molecule has 1 heterocycles. The molecular weight excluding hydrogens is 290 g/mol. The van der Waals surface area contributed by atoms with E-state index < -0.39 is 21.5 Å². The zero-order chi connectivity index (χ0) is 14.8. The number of hydrogen-bond donors (Lipinski definition) is 2. The normalized spacial score (nSPS) is 12.5. The highest BCUT2D eigenvalue weighted by atomic mass is 32.2. The van der Waals surface area contributed by atoms with Gasteiger partial charge < -0.3 is 9.84 Å². The molecule has 0 aliphatic rings. The van der Waals surface area contributed by atoms with Gasteiger partial charge in [-0.25, -0.2) is 17.9 Å². The molecular formula is C11H17NO5S2. The van der Waals surface area contributed by atoms with Gasteiger partial charge in [0, 0.05) is 0 Å². The molecule has 0 aromatic carbocycles. The molecule has 1 rings (SSSR count). The van der Waals surface area contributed by atoms with E-state index >= 15 is 0 Å². The zero-order valence-electron chi connectivity index (χ0n) is 11.2. The number of ether oxygens (including phenoxy) is 1. The molecule has 0 unspecified atom stereocenters. The highest BCUT2D eigenvalue weighted by molar-refractivity contribution is 7.89. The van der Waals surface area contributed by atoms with Gasteiger partial charge in [-0.05, 0) is 31.7 Å². The lowest BCUT2D eigenvalue weighted by Gasteiger charge is -2.23. The molecule has 0 spiro atoms. The Morgan fingerprint density at radius 3 is 2.58 bits per heavy atom. The third kappa shape index (κ3) is 3.53. The molecule has 19 heavy (non-hydrogen) atoms. The Morgan fingerprint density at radius 2 is 2.11 bits per heavy atom. The van der Waals surface area contributed by atoms with Crippen molar-refractivity contribution < 1.29 is 23.1 Å². The highest BCUT2D eigenvalue weighted by Gasteiger charge is 2.32. The maximum absolute atomic E-state index is 12.3. The van der Waals surface area contributed by atoms with E-state index in [0.717, 1.165) is 11.3 Å². The van der Waals surface area contributed by atoms with Gasteiger partial charge in [0.2, 0.25) is 10.0 Å². The van der Waals surface area contributed by atoms with E-state index in [1.54, 1.807) is 26.2 Å². The Bertz CT molecular complexity index is 574. The summed E-state index contributed by atoms with van der Waals surface area (Å²) in [5.41, 5.74) is -0.549. The molecule has 0 aliphatic heterocycles. The third-order valence-corrected chi connectivity index (χ3v) is 5.46. The monoisotopic (exact) mass is 307 g/mol. The van der Waals surface area contributed by atoms with Gasteiger partial charge in [-0.2, -0.15) is 0 Å². The molecule has 1 aromatic rings. The molecule has 6 nitrogen and oxygen atoms in total. The molecule has 0 fully saturated rings. The minimum atomic E-state index is -3.90. The number of carbonyl (C=O) groups is 1. The third-order valence-electron chi connectivity index (χ3n) is 2.36. The van der Waals surface area contributed by atoms with Gasteiger partial charge in [0.05, 0.1) is 19.3 Å². The van der Waals surface area contributed by atoms with Crippen LogP contribution in [0.4, 0.5) is 0 Å². The van der Waals surface area contributed by atoms with Gasteiger partial charge >= 0.3 is 5.97 Å². The highest BCUT2D eigenvalue weighted by Crippen LogP contribution is 2.28. The van der Waals surface area contributed by atoms with Crippen molar-refractivity contribution in [3.8, 4) is 0 Å². The summed E-state index contributed by atoms with van der Waals surface area (Å²) in [6.07, 6.45) is 0. The lowest BCUT2D eigenvalue weighted by Crippen LogP contribution is -2.46. The van der Waals surface area contributed by atoms with Crippen LogP contribution < -0.4 is 4.72 Å². The average Bonchev–Trinajstić information content (AvgIpc) is 2.69. The van der Waals surface area contributed by atoms with Gasteiger partial charge in [-0.1, -0.05) is 0 Å². The number of hydrogen-bond acceptors (Lipinski definition) is 6. The number of aliphatic hydroxyl groups excluding tert-OH is 1. The minimum absolute atomic E-state index is 0.0289. The van der Waals surface area contributed by atoms with E-state index in [1.165, 1.54) is 7.11 Å². The average molecular weight is 307 g/mol. The quantitative estimate of drug-likeness (QED) is 0.788. The van der Waals surface area contributed by atoms with Crippen LogP contribution in [-0.2, 0) is 14.8 Å². The molecule has 0 atom stereocenters. The Kier molecular flexibility index (Phi) is 4.72. The van der Waals surface area contributed by atoms with Gasteiger partial charge in [-0.15, -0.1) is 11.3 Å². The SMILES string of the molecule is COC(=O)c1scc(C)c1S(=O)(=O)NC(C)(C)CO. The van der Waals surface area contributed by atoms with Gasteiger partial charge in [0.25, 0.3) is 0 Å². The summed E-state index contributed by atoms with van der Waals surface area (Å²) in [6, 6.07) is 0. The van der Waals surface area contributed by atoms with Crippen LogP contribution in [0.3, 0.4) is 0 Å². The number of nitrogens with one attached hydrogen (secondary N) is 1. The topological polar surface area (TPSA) is 92.7 Å². The zero-order valence-corrected chi connectivity index (χ0v) is 12.8. The maximum atomic E-state index is 12.3. The first kappa shape index (κ1) is 16.1. The predicted molar refractivity (Wildman–Crippen MR) is 71.9 cm³/mol. The summed E-state index contributed by atoms with van der Waals surface area (Å²) in [5, 5.41) is 10.7. The molecule has 8 heteroatoms. The van der Waals surface area contributed by atoms with E-state index in [2.05, 4.69) is 9.46 Å². The van der Waals surface area contributed by atoms with Crippen molar-refractivity contribution in [2.75, 3.05) is 13.7 Å². The predicted octanol–water partition coefficient (Wildman–Crippen LogP) is 0.892. The molecule has 0 aliphatic carbocycles. The molecule has 2 N–H and O–H groups in total. The second-order valence-electron chi connectivity index (χ2n) is 4.72. The number of aliphatic hydroxyl groups is 1. The van der Waals surface area contributed by atoms with Gasteiger partial charge in [0.1, 0.15) is 9.77 Å². The summed E-state index contributed by atoms with van der Waals surface area (Å²) < 4.78 is 31.6. The Labute approximate surface area is 116 Å². The van der Waals surface area contributed by atoms with Crippen LogP contribution >= 0.6 is 11.3 Å². The van der Waals surface area contributed by atoms with Crippen LogP contribution in [0.1, 0.15) is 29.1 Å². The Morgan fingerprint density at radius 1 is 1.53 bits per heavy atom. The summed E-state index contributed by atoms with van der Waals surface area (Å²) in [7, 11) is -2.71. The second kappa shape index (κ2) is 5.58. The van der Waals surface area contributed by atoms with Gasteiger partial charge in [0.15, 0.2) is 0 Å². The number of carbonyl (C=O) groups excluding carboxylic acids is 1. The molecule has 0 bridgehead atoms. The molecule has 0 saturated heterocycles. The number of esters is 1. The fourth-order valence-electron chi connectivity index (χ4n) is 1.45. The molecule has 1 aromatic heterocycles. The van der Waals surface area contributed by atoms with E-state index in [1.807, 2.05) is 0 Å². The van der Waals surface area contributed by atoms with Crippen LogP contribution in [-0.4, -0.2) is 38.7 Å². The van der Waals surface area contributed by atoms with Crippen LogP contribution in [0.2, 0.25) is 0 Å². The smallest absolute Gasteiger partial charge is 0.349 e. The van der Waals surface area contributed by atoms with Crippen molar-refractivity contribution in [3.63, 3.8) is 0 Å². The lowest BCUT2D eigenvalue weighted by atomic mass is 10.1. The Balaban J connectivity index is 3.29. The molecule has 108 valence electrons. The first-order valence-electron chi connectivity index (χ1n) is 5.46. The summed E-state index contributed by atoms with van der Waals surface area (Å²) in [6.45, 7) is 4.33. The van der Waals surface area contributed by atoms with Gasteiger partial charge in [-0.3, -0.25) is 0 Å². The molecule has 0 saturated carbocycles. The number of rotatable bonds is 5. The van der Waals surface area contributed by atoms with Crippen LogP contribution in [0.15, 0.2) is 10.3 Å². The van der Waals surface area contributed by atoms with Crippen molar-refractivity contribution in [1.82, 2.24) is 4.72 Å². The van der Waals surface area contributed by atoms with E-state index in [4.69, 9.17) is 5.11 Å². The van der Waals surface area contributed by atoms with E-state index in [-0.39, 0.29) is 16.4 Å². The lowest BCUT2D eigenvalue weighted by molar-refractivity contribution is 0.0602. The first-order chi connectivity index (χ1) is 8.64. The largest absolute Gasteiger partial charge is 0.465 e. The minimum Gasteiger partial charge on any atom is -0.465 e. The standard InChI is InChI=1S/C11H17NO5S2/c1-7-5-18-8(10(14)17-4)9(7)19(15,16)12-11(2,3)6-13/h5,12-13H,6H2,1-4H3. The Hall–Kier alpha value is -0.960. The van der Waals surface area contributed by atoms with Crippen molar-refractivity contribution >= 4 is 27.3 Å². The number of methoxy groups -OCH3 is 1. The second-order valence-corrected chi connectivity index (χ2v) is 7.21. The summed E-state index contributed by atoms with van der Waals surface area (Å²) in [5.74, 6) is -0.694. The summed E-state index contributed by atoms with van der Waals surface area (Å²) in [4.78, 5) is 11.5. The molecule has 0 amide bonds. The van der Waals surface area contributed by atoms with Crippen molar-refractivity contribution in [1.29, 1.82) is 0 Å².